The lowest BCUT2D eigenvalue weighted by Gasteiger charge is -2.05. The summed E-state index contributed by atoms with van der Waals surface area (Å²) < 4.78 is 10.6. The first-order valence-corrected chi connectivity index (χ1v) is 5.31. The van der Waals surface area contributed by atoms with Crippen molar-refractivity contribution < 1.29 is 14.4 Å². The van der Waals surface area contributed by atoms with Gasteiger partial charge in [-0.1, -0.05) is 5.16 Å². The molecule has 0 unspecified atom stereocenters. The molecule has 1 N–H and O–H groups in total. The summed E-state index contributed by atoms with van der Waals surface area (Å²) in [6.07, 6.45) is 1.59. The number of ether oxygens (including phenoxy) is 1. The van der Waals surface area contributed by atoms with E-state index < -0.39 is 0 Å². The topological polar surface area (TPSA) is 68.4 Å². The van der Waals surface area contributed by atoms with Crippen molar-refractivity contribution in [2.75, 3.05) is 0 Å². The van der Waals surface area contributed by atoms with E-state index in [2.05, 4.69) is 10.1 Å². The molecule has 0 spiro atoms. The van der Waals surface area contributed by atoms with Gasteiger partial charge in [0, 0.05) is 0 Å². The molecule has 0 aliphatic heterocycles. The Bertz CT molecular complexity index is 471. The third kappa shape index (κ3) is 2.62. The average Bonchev–Trinajstić information content (AvgIpc) is 2.67. The fraction of sp³-hybridized carbons (Fsp3) is 0.333. The van der Waals surface area contributed by atoms with E-state index in [9.17, 15) is 0 Å². The fourth-order valence-electron chi connectivity index (χ4n) is 1.45. The second kappa shape index (κ2) is 4.97. The lowest BCUT2D eigenvalue weighted by Crippen LogP contribution is -1.98. The summed E-state index contributed by atoms with van der Waals surface area (Å²) in [4.78, 5) is 4.03. The van der Waals surface area contributed by atoms with Crippen LogP contribution in [0.4, 0.5) is 0 Å². The van der Waals surface area contributed by atoms with Crippen molar-refractivity contribution >= 4 is 0 Å². The number of rotatable bonds is 4. The molecule has 0 amide bonds. The molecule has 90 valence electrons. The van der Waals surface area contributed by atoms with Crippen LogP contribution < -0.4 is 4.74 Å². The summed E-state index contributed by atoms with van der Waals surface area (Å²) in [5.41, 5.74) is 2.41. The molecular weight excluding hydrogens is 220 g/mol. The molecule has 5 heteroatoms. The molecule has 0 atom stereocenters. The zero-order valence-corrected chi connectivity index (χ0v) is 9.80. The van der Waals surface area contributed by atoms with Crippen LogP contribution in [0, 0.1) is 13.8 Å². The summed E-state index contributed by atoms with van der Waals surface area (Å²) in [6.45, 7) is 4.07. The van der Waals surface area contributed by atoms with Gasteiger partial charge in [0.05, 0.1) is 29.8 Å². The molecule has 5 nitrogen and oxygen atoms in total. The fourth-order valence-corrected chi connectivity index (χ4v) is 1.45. The van der Waals surface area contributed by atoms with E-state index in [0.717, 1.165) is 17.0 Å². The molecule has 0 aromatic carbocycles. The third-order valence-electron chi connectivity index (χ3n) is 2.52. The number of aliphatic hydroxyl groups is 1. The molecule has 0 bridgehead atoms. The van der Waals surface area contributed by atoms with E-state index in [1.54, 1.807) is 18.3 Å². The van der Waals surface area contributed by atoms with Crippen molar-refractivity contribution in [1.29, 1.82) is 0 Å². The van der Waals surface area contributed by atoms with Gasteiger partial charge in [0.1, 0.15) is 18.1 Å². The van der Waals surface area contributed by atoms with Gasteiger partial charge in [-0.25, -0.2) is 0 Å². The Labute approximate surface area is 99.0 Å². The minimum Gasteiger partial charge on any atom is -0.487 e. The lowest BCUT2D eigenvalue weighted by molar-refractivity contribution is 0.274. The molecule has 2 aromatic rings. The largest absolute Gasteiger partial charge is 0.487 e. The number of aliphatic hydroxyl groups excluding tert-OH is 1. The number of hydrogen-bond acceptors (Lipinski definition) is 5. The van der Waals surface area contributed by atoms with Gasteiger partial charge in [0.25, 0.3) is 0 Å². The number of aromatic nitrogens is 2. The second-order valence-electron chi connectivity index (χ2n) is 3.73. The van der Waals surface area contributed by atoms with Crippen LogP contribution in [0.2, 0.25) is 0 Å². The van der Waals surface area contributed by atoms with Gasteiger partial charge >= 0.3 is 0 Å². The van der Waals surface area contributed by atoms with Gasteiger partial charge in [0.15, 0.2) is 0 Å². The van der Waals surface area contributed by atoms with Crippen molar-refractivity contribution in [3.05, 3.63) is 41.0 Å². The molecule has 0 aliphatic rings. The summed E-state index contributed by atoms with van der Waals surface area (Å²) in [6, 6.07) is 3.50. The maximum absolute atomic E-state index is 8.86. The van der Waals surface area contributed by atoms with Crippen molar-refractivity contribution in [3.8, 4) is 5.75 Å². The van der Waals surface area contributed by atoms with E-state index in [4.69, 9.17) is 14.4 Å². The van der Waals surface area contributed by atoms with E-state index in [1.807, 2.05) is 13.8 Å². The standard InChI is InChI=1S/C12H14N2O3/c1-8-12(9(2)17-14-8)7-16-11-4-3-10(6-15)13-5-11/h3-5,15H,6-7H2,1-2H3. The van der Waals surface area contributed by atoms with E-state index >= 15 is 0 Å². The Kier molecular flexibility index (Phi) is 3.39. The van der Waals surface area contributed by atoms with Crippen LogP contribution in [0.5, 0.6) is 5.75 Å². The summed E-state index contributed by atoms with van der Waals surface area (Å²) in [5.74, 6) is 1.42. The van der Waals surface area contributed by atoms with Gasteiger partial charge in [0.2, 0.25) is 0 Å². The number of pyridine rings is 1. The molecule has 0 aliphatic carbocycles. The van der Waals surface area contributed by atoms with Crippen molar-refractivity contribution in [2.45, 2.75) is 27.1 Å². The highest BCUT2D eigenvalue weighted by atomic mass is 16.5. The molecule has 0 saturated heterocycles. The van der Waals surface area contributed by atoms with Gasteiger partial charge in [-0.05, 0) is 26.0 Å². The minimum atomic E-state index is -0.0653. The Morgan fingerprint density at radius 1 is 1.35 bits per heavy atom. The molecule has 0 fully saturated rings. The first-order valence-electron chi connectivity index (χ1n) is 5.31. The molecule has 0 saturated carbocycles. The molecule has 2 aromatic heterocycles. The van der Waals surface area contributed by atoms with Crippen LogP contribution in [-0.4, -0.2) is 15.2 Å². The Balaban J connectivity index is 2.02. The van der Waals surface area contributed by atoms with Crippen molar-refractivity contribution in [2.24, 2.45) is 0 Å². The van der Waals surface area contributed by atoms with Crippen LogP contribution >= 0.6 is 0 Å². The normalized spacial score (nSPS) is 10.5. The number of nitrogens with zero attached hydrogens (tertiary/aromatic N) is 2. The van der Waals surface area contributed by atoms with Gasteiger partial charge in [-0.3, -0.25) is 4.98 Å². The highest BCUT2D eigenvalue weighted by Crippen LogP contribution is 2.16. The summed E-state index contributed by atoms with van der Waals surface area (Å²) in [5, 5.41) is 12.7. The average molecular weight is 234 g/mol. The monoisotopic (exact) mass is 234 g/mol. The molecule has 2 rings (SSSR count). The van der Waals surface area contributed by atoms with Crippen molar-refractivity contribution in [1.82, 2.24) is 10.1 Å². The van der Waals surface area contributed by atoms with Gasteiger partial charge in [-0.2, -0.15) is 0 Å². The zero-order valence-electron chi connectivity index (χ0n) is 9.80. The quantitative estimate of drug-likeness (QED) is 0.872. The molecule has 2 heterocycles. The van der Waals surface area contributed by atoms with E-state index in [0.29, 0.717) is 18.1 Å². The number of hydrogen-bond donors (Lipinski definition) is 1. The summed E-state index contributed by atoms with van der Waals surface area (Å²) >= 11 is 0. The molecule has 17 heavy (non-hydrogen) atoms. The lowest BCUT2D eigenvalue weighted by atomic mass is 10.2. The Morgan fingerprint density at radius 3 is 2.71 bits per heavy atom. The third-order valence-corrected chi connectivity index (χ3v) is 2.52. The predicted octanol–water partition coefficient (Wildman–Crippen LogP) is 1.76. The van der Waals surface area contributed by atoms with Crippen LogP contribution in [-0.2, 0) is 13.2 Å². The first-order chi connectivity index (χ1) is 8.20. The van der Waals surface area contributed by atoms with Gasteiger partial charge in [-0.15, -0.1) is 0 Å². The molecule has 0 radical (unpaired) electrons. The minimum absolute atomic E-state index is 0.0653. The maximum atomic E-state index is 8.86. The van der Waals surface area contributed by atoms with Crippen LogP contribution in [0.1, 0.15) is 22.7 Å². The van der Waals surface area contributed by atoms with Crippen LogP contribution in [0.15, 0.2) is 22.9 Å². The highest BCUT2D eigenvalue weighted by Gasteiger charge is 2.09. The predicted molar refractivity (Wildman–Crippen MR) is 60.5 cm³/mol. The maximum Gasteiger partial charge on any atom is 0.140 e. The zero-order chi connectivity index (χ0) is 12.3. The van der Waals surface area contributed by atoms with Crippen molar-refractivity contribution in [3.63, 3.8) is 0 Å². The highest BCUT2D eigenvalue weighted by molar-refractivity contribution is 5.23. The first kappa shape index (κ1) is 11.6. The SMILES string of the molecule is Cc1noc(C)c1COc1ccc(CO)nc1. The Morgan fingerprint density at radius 2 is 2.18 bits per heavy atom. The Hall–Kier alpha value is -1.88. The summed E-state index contributed by atoms with van der Waals surface area (Å²) in [7, 11) is 0. The van der Waals surface area contributed by atoms with Gasteiger partial charge < -0.3 is 14.4 Å². The van der Waals surface area contributed by atoms with Crippen LogP contribution in [0.3, 0.4) is 0 Å². The smallest absolute Gasteiger partial charge is 0.140 e. The second-order valence-corrected chi connectivity index (χ2v) is 3.73. The molecular formula is C12H14N2O3. The van der Waals surface area contributed by atoms with E-state index in [1.165, 1.54) is 0 Å². The van der Waals surface area contributed by atoms with E-state index in [-0.39, 0.29) is 6.61 Å². The van der Waals surface area contributed by atoms with Crippen LogP contribution in [0.25, 0.3) is 0 Å². The number of aryl methyl sites for hydroxylation is 2.